The molecule has 0 unspecified atom stereocenters. The van der Waals surface area contributed by atoms with Gasteiger partial charge in [-0.25, -0.2) is 0 Å². The molecule has 0 saturated carbocycles. The van der Waals surface area contributed by atoms with Crippen LogP contribution in [0.4, 0.5) is 0 Å². The van der Waals surface area contributed by atoms with Crippen LogP contribution >= 0.6 is 0 Å². The Bertz CT molecular complexity index is 1020. The second kappa shape index (κ2) is 36.1. The van der Waals surface area contributed by atoms with Gasteiger partial charge in [-0.05, 0) is 32.8 Å². The number of hydrogen-bond acceptors (Lipinski definition) is 8. The molecular formula is C46H84O8Ti2. The first-order valence-electron chi connectivity index (χ1n) is 19.2. The van der Waals surface area contributed by atoms with Gasteiger partial charge in [-0.3, -0.25) is 0 Å². The Hall–Kier alpha value is -0.771. The first-order chi connectivity index (χ1) is 23.6. The minimum Gasteiger partial charge on any atom is -0.872 e. The van der Waals surface area contributed by atoms with Crippen LogP contribution in [0.3, 0.4) is 0 Å². The fourth-order valence-corrected chi connectivity index (χ4v) is 3.17. The molecular weight excluding hydrogens is 776 g/mol. The van der Waals surface area contributed by atoms with Crippen LogP contribution < -0.4 is 40.9 Å². The van der Waals surface area contributed by atoms with E-state index in [1.807, 2.05) is 12.1 Å². The third-order valence-electron chi connectivity index (χ3n) is 5.31. The summed E-state index contributed by atoms with van der Waals surface area (Å²) in [7, 11) is 0. The smallest absolute Gasteiger partial charge is 0.872 e. The zero-order valence-corrected chi connectivity index (χ0v) is 43.3. The van der Waals surface area contributed by atoms with Gasteiger partial charge in [0.05, 0.1) is 0 Å². The van der Waals surface area contributed by atoms with Crippen LogP contribution in [0.2, 0.25) is 0 Å². The Kier molecular flexibility index (Phi) is 47.0. The van der Waals surface area contributed by atoms with E-state index in [1.165, 1.54) is 11.1 Å². The molecule has 0 spiro atoms. The van der Waals surface area contributed by atoms with Crippen molar-refractivity contribution in [2.24, 2.45) is 0 Å². The molecule has 56 heavy (non-hydrogen) atoms. The summed E-state index contributed by atoms with van der Waals surface area (Å²) in [6.45, 7) is 44.8. The van der Waals surface area contributed by atoms with Crippen molar-refractivity contribution in [3.05, 3.63) is 58.7 Å². The molecule has 2 aromatic carbocycles. The first kappa shape index (κ1) is 72.8. The normalized spacial score (nSPS) is 10.8. The molecule has 2 aromatic rings. The standard InChI is InChI=1S/2C14H22O.6C3H7O.2Ti/c2*1-13(2,3)10-7-8-12(15)11(9-10)14(4,5)6;6*1-3(2)4;;/h2*7-9,15H,1-6H3;6*3H,1-2H3;;/q;;6*-1;2*+4/p-2. The molecule has 0 atom stereocenters. The molecule has 8 nitrogen and oxygen atoms in total. The molecule has 0 aliphatic heterocycles. The largest absolute Gasteiger partial charge is 4.00 e. The zero-order valence-electron chi connectivity index (χ0n) is 40.2. The van der Waals surface area contributed by atoms with Gasteiger partial charge in [0, 0.05) is 0 Å². The molecule has 324 valence electrons. The predicted octanol–water partition coefficient (Wildman–Crippen LogP) is 5.24. The third kappa shape index (κ3) is 59.9. The molecule has 0 aliphatic carbocycles. The van der Waals surface area contributed by atoms with Crippen molar-refractivity contribution < 1.29 is 84.3 Å². The van der Waals surface area contributed by atoms with Crippen molar-refractivity contribution in [2.75, 3.05) is 0 Å². The molecule has 0 saturated heterocycles. The molecule has 0 aromatic heterocycles. The van der Waals surface area contributed by atoms with Gasteiger partial charge >= 0.3 is 43.4 Å². The maximum absolute atomic E-state index is 11.7. The third-order valence-corrected chi connectivity index (χ3v) is 5.31. The van der Waals surface area contributed by atoms with Gasteiger partial charge in [0.2, 0.25) is 0 Å². The minimum absolute atomic E-state index is 0. The van der Waals surface area contributed by atoms with E-state index < -0.39 is 36.6 Å². The number of benzene rings is 2. The predicted molar refractivity (Wildman–Crippen MR) is 217 cm³/mol. The number of rotatable bonds is 0. The minimum atomic E-state index is -0.417. The van der Waals surface area contributed by atoms with E-state index in [4.69, 9.17) is 0 Å². The van der Waals surface area contributed by atoms with E-state index in [0.717, 1.165) is 11.1 Å². The quantitative estimate of drug-likeness (QED) is 0.322. The Labute approximate surface area is 376 Å². The van der Waals surface area contributed by atoms with Gasteiger partial charge < -0.3 is 40.9 Å². The van der Waals surface area contributed by atoms with Crippen molar-refractivity contribution in [3.8, 4) is 11.5 Å². The van der Waals surface area contributed by atoms with E-state index in [0.29, 0.717) is 0 Å². The van der Waals surface area contributed by atoms with Crippen molar-refractivity contribution >= 4 is 0 Å². The van der Waals surface area contributed by atoms with E-state index >= 15 is 0 Å². The average Bonchev–Trinajstić information content (AvgIpc) is 2.85. The summed E-state index contributed by atoms with van der Waals surface area (Å²) < 4.78 is 0. The molecule has 0 N–H and O–H groups in total. The first-order valence-corrected chi connectivity index (χ1v) is 19.2. The SMILES string of the molecule is CC(C)(C)c1ccc([O-])c(C(C)(C)C)c1.CC(C)(C)c1ccc([O-])c(C(C)(C)C)c1.CC(C)[O-].CC(C)[O-].CC(C)[O-].CC(C)[O-].CC(C)[O-].CC(C)[O-].[Ti+4].[Ti+4]. The summed E-state index contributed by atoms with van der Waals surface area (Å²) in [6.07, 6.45) is -2.50. The summed E-state index contributed by atoms with van der Waals surface area (Å²) in [5.41, 5.74) is 4.35. The molecule has 0 radical (unpaired) electrons. The summed E-state index contributed by atoms with van der Waals surface area (Å²) in [5.74, 6) is 0.297. The van der Waals surface area contributed by atoms with Crippen LogP contribution in [0, 0.1) is 0 Å². The van der Waals surface area contributed by atoms with Gasteiger partial charge in [-0.2, -0.15) is 0 Å². The van der Waals surface area contributed by atoms with Crippen molar-refractivity contribution in [1.29, 1.82) is 0 Å². The molecule has 2 rings (SSSR count). The Morgan fingerprint density at radius 2 is 0.464 bits per heavy atom. The molecule has 0 amide bonds. The van der Waals surface area contributed by atoms with Crippen LogP contribution in [0.1, 0.15) is 188 Å². The number of hydrogen-bond donors (Lipinski definition) is 0. The second-order valence-corrected chi connectivity index (χ2v) is 18.7. The summed E-state index contributed by atoms with van der Waals surface area (Å²) in [5, 5.41) is 80.7. The molecule has 0 fully saturated rings. The molecule has 0 aliphatic rings. The Morgan fingerprint density at radius 1 is 0.321 bits per heavy atom. The average molecular weight is 861 g/mol. The van der Waals surface area contributed by atoms with Crippen LogP contribution in [0.5, 0.6) is 11.5 Å². The van der Waals surface area contributed by atoms with Crippen LogP contribution in [-0.2, 0) is 65.1 Å². The van der Waals surface area contributed by atoms with E-state index in [1.54, 1.807) is 95.2 Å². The van der Waals surface area contributed by atoms with Crippen molar-refractivity contribution in [2.45, 2.75) is 224 Å². The van der Waals surface area contributed by atoms with Crippen molar-refractivity contribution in [3.63, 3.8) is 0 Å². The second-order valence-electron chi connectivity index (χ2n) is 18.7. The summed E-state index contributed by atoms with van der Waals surface area (Å²) >= 11 is 0. The molecule has 0 heterocycles. The van der Waals surface area contributed by atoms with E-state index in [2.05, 4.69) is 95.2 Å². The van der Waals surface area contributed by atoms with Crippen LogP contribution in [0.25, 0.3) is 0 Å². The maximum atomic E-state index is 11.7. The van der Waals surface area contributed by atoms with E-state index in [9.17, 15) is 40.9 Å². The topological polar surface area (TPSA) is 184 Å². The van der Waals surface area contributed by atoms with Crippen LogP contribution in [-0.4, -0.2) is 36.6 Å². The Morgan fingerprint density at radius 3 is 0.571 bits per heavy atom. The van der Waals surface area contributed by atoms with E-state index in [-0.39, 0.29) is 76.6 Å². The maximum Gasteiger partial charge on any atom is 4.00 e. The fourth-order valence-electron chi connectivity index (χ4n) is 3.17. The van der Waals surface area contributed by atoms with Gasteiger partial charge in [0.25, 0.3) is 0 Å². The van der Waals surface area contributed by atoms with Gasteiger partial charge in [-0.1, -0.05) is 214 Å². The van der Waals surface area contributed by atoms with Crippen molar-refractivity contribution in [1.82, 2.24) is 0 Å². The molecule has 0 bridgehead atoms. The van der Waals surface area contributed by atoms with Gasteiger partial charge in [0.15, 0.2) is 0 Å². The zero-order chi connectivity index (χ0) is 45.2. The Balaban J connectivity index is -0.0000000862. The summed E-state index contributed by atoms with van der Waals surface area (Å²) in [4.78, 5) is 0. The van der Waals surface area contributed by atoms with Crippen LogP contribution in [0.15, 0.2) is 36.4 Å². The molecule has 10 heteroatoms. The fraction of sp³-hybridized carbons (Fsp3) is 0.739. The summed E-state index contributed by atoms with van der Waals surface area (Å²) in [6, 6.07) is 11.4. The monoisotopic (exact) mass is 861 g/mol. The van der Waals surface area contributed by atoms with Gasteiger partial charge in [0.1, 0.15) is 0 Å². The van der Waals surface area contributed by atoms with Gasteiger partial charge in [-0.15, -0.1) is 48.1 Å².